The van der Waals surface area contributed by atoms with Gasteiger partial charge in [-0.3, -0.25) is 4.57 Å². The standard InChI is InChI=1S/C16H19N3OS/c1-5-10-19-15(13-6-8-14(20-4)9-7-13)17-18-16(19)21-11-12(2)3/h5-9H,1-2,10-11H2,3-4H3. The van der Waals surface area contributed by atoms with Crippen LogP contribution in [0.1, 0.15) is 6.92 Å². The monoisotopic (exact) mass is 301 g/mol. The Balaban J connectivity index is 2.33. The summed E-state index contributed by atoms with van der Waals surface area (Å²) in [5.41, 5.74) is 2.12. The molecule has 0 saturated heterocycles. The molecule has 21 heavy (non-hydrogen) atoms. The summed E-state index contributed by atoms with van der Waals surface area (Å²) in [6.45, 7) is 10.4. The average molecular weight is 301 g/mol. The van der Waals surface area contributed by atoms with Crippen molar-refractivity contribution in [2.75, 3.05) is 12.9 Å². The Bertz CT molecular complexity index is 631. The lowest BCUT2D eigenvalue weighted by Gasteiger charge is -2.08. The van der Waals surface area contributed by atoms with Gasteiger partial charge in [-0.25, -0.2) is 0 Å². The highest BCUT2D eigenvalue weighted by Gasteiger charge is 2.13. The van der Waals surface area contributed by atoms with Gasteiger partial charge in [-0.05, 0) is 31.2 Å². The summed E-state index contributed by atoms with van der Waals surface area (Å²) in [4.78, 5) is 0. The van der Waals surface area contributed by atoms with Gasteiger partial charge in [0, 0.05) is 17.9 Å². The summed E-state index contributed by atoms with van der Waals surface area (Å²) in [7, 11) is 1.65. The fourth-order valence-electron chi connectivity index (χ4n) is 1.83. The van der Waals surface area contributed by atoms with Crippen LogP contribution < -0.4 is 4.74 Å². The van der Waals surface area contributed by atoms with E-state index in [4.69, 9.17) is 4.74 Å². The summed E-state index contributed by atoms with van der Waals surface area (Å²) in [6.07, 6.45) is 1.85. The van der Waals surface area contributed by atoms with Crippen LogP contribution in [0, 0.1) is 0 Å². The fourth-order valence-corrected chi connectivity index (χ4v) is 2.62. The summed E-state index contributed by atoms with van der Waals surface area (Å²) in [6, 6.07) is 7.80. The Morgan fingerprint density at radius 2 is 2.05 bits per heavy atom. The first kappa shape index (κ1) is 15.4. The van der Waals surface area contributed by atoms with Crippen LogP contribution in [0.2, 0.25) is 0 Å². The van der Waals surface area contributed by atoms with E-state index in [1.54, 1.807) is 18.9 Å². The molecule has 1 aromatic heterocycles. The second kappa shape index (κ2) is 7.13. The highest BCUT2D eigenvalue weighted by Crippen LogP contribution is 2.26. The van der Waals surface area contributed by atoms with E-state index < -0.39 is 0 Å². The van der Waals surface area contributed by atoms with Crippen molar-refractivity contribution >= 4 is 11.8 Å². The van der Waals surface area contributed by atoms with Gasteiger partial charge in [-0.1, -0.05) is 30.0 Å². The minimum Gasteiger partial charge on any atom is -0.497 e. The second-order valence-corrected chi connectivity index (χ2v) is 5.62. The first-order chi connectivity index (χ1) is 10.2. The van der Waals surface area contributed by atoms with E-state index in [0.29, 0.717) is 6.54 Å². The minimum atomic E-state index is 0.673. The zero-order chi connectivity index (χ0) is 15.2. The summed E-state index contributed by atoms with van der Waals surface area (Å²) in [5, 5.41) is 9.47. The third-order valence-electron chi connectivity index (χ3n) is 2.82. The molecule has 2 aromatic rings. The molecule has 0 bridgehead atoms. The smallest absolute Gasteiger partial charge is 0.192 e. The van der Waals surface area contributed by atoms with E-state index >= 15 is 0 Å². The topological polar surface area (TPSA) is 39.9 Å². The molecule has 110 valence electrons. The predicted molar refractivity (Wildman–Crippen MR) is 87.7 cm³/mol. The van der Waals surface area contributed by atoms with Crippen LogP contribution in [0.5, 0.6) is 5.75 Å². The predicted octanol–water partition coefficient (Wildman–Crippen LogP) is 3.81. The molecule has 0 saturated carbocycles. The van der Waals surface area contributed by atoms with Gasteiger partial charge in [-0.15, -0.1) is 16.8 Å². The van der Waals surface area contributed by atoms with Crippen LogP contribution >= 0.6 is 11.8 Å². The van der Waals surface area contributed by atoms with E-state index in [-0.39, 0.29) is 0 Å². The third kappa shape index (κ3) is 3.76. The van der Waals surface area contributed by atoms with Crippen molar-refractivity contribution in [3.63, 3.8) is 0 Å². The van der Waals surface area contributed by atoms with Gasteiger partial charge in [0.15, 0.2) is 11.0 Å². The summed E-state index contributed by atoms with van der Waals surface area (Å²) in [5.74, 6) is 2.49. The lowest BCUT2D eigenvalue weighted by Crippen LogP contribution is -2.01. The molecule has 0 aliphatic heterocycles. The number of thioether (sulfide) groups is 1. The number of ether oxygens (including phenoxy) is 1. The normalized spacial score (nSPS) is 10.4. The fraction of sp³-hybridized carbons (Fsp3) is 0.250. The van der Waals surface area contributed by atoms with Crippen LogP contribution in [-0.4, -0.2) is 27.6 Å². The van der Waals surface area contributed by atoms with Gasteiger partial charge < -0.3 is 4.74 Å². The lowest BCUT2D eigenvalue weighted by molar-refractivity contribution is 0.415. The van der Waals surface area contributed by atoms with E-state index in [9.17, 15) is 0 Å². The summed E-state index contributed by atoms with van der Waals surface area (Å²) < 4.78 is 7.24. The molecular weight excluding hydrogens is 282 g/mol. The molecular formula is C16H19N3OS. The van der Waals surface area contributed by atoms with Crippen LogP contribution in [0.25, 0.3) is 11.4 Å². The maximum absolute atomic E-state index is 5.18. The minimum absolute atomic E-state index is 0.673. The largest absolute Gasteiger partial charge is 0.497 e. The molecule has 0 radical (unpaired) electrons. The van der Waals surface area contributed by atoms with Crippen molar-refractivity contribution in [1.29, 1.82) is 0 Å². The Labute approximate surface area is 129 Å². The molecule has 5 heteroatoms. The molecule has 1 heterocycles. The highest BCUT2D eigenvalue weighted by molar-refractivity contribution is 7.99. The number of methoxy groups -OCH3 is 1. The van der Waals surface area contributed by atoms with Crippen molar-refractivity contribution in [3.8, 4) is 17.1 Å². The van der Waals surface area contributed by atoms with Gasteiger partial charge in [-0.2, -0.15) is 0 Å². The van der Waals surface area contributed by atoms with Gasteiger partial charge in [0.25, 0.3) is 0 Å². The van der Waals surface area contributed by atoms with E-state index in [1.165, 1.54) is 0 Å². The van der Waals surface area contributed by atoms with Crippen LogP contribution in [0.4, 0.5) is 0 Å². The molecule has 0 fully saturated rings. The molecule has 0 amide bonds. The Morgan fingerprint density at radius 1 is 1.33 bits per heavy atom. The number of benzene rings is 1. The number of hydrogen-bond acceptors (Lipinski definition) is 4. The molecule has 0 atom stereocenters. The van der Waals surface area contributed by atoms with Crippen molar-refractivity contribution in [3.05, 3.63) is 49.1 Å². The van der Waals surface area contributed by atoms with Crippen molar-refractivity contribution in [2.24, 2.45) is 0 Å². The molecule has 0 aliphatic carbocycles. The van der Waals surface area contributed by atoms with Crippen molar-refractivity contribution in [1.82, 2.24) is 14.8 Å². The lowest BCUT2D eigenvalue weighted by atomic mass is 10.2. The zero-order valence-corrected chi connectivity index (χ0v) is 13.2. The maximum Gasteiger partial charge on any atom is 0.192 e. The zero-order valence-electron chi connectivity index (χ0n) is 12.4. The number of rotatable bonds is 7. The van der Waals surface area contributed by atoms with Crippen LogP contribution in [-0.2, 0) is 6.54 Å². The SMILES string of the molecule is C=CCn1c(SCC(=C)C)nnc1-c1ccc(OC)cc1. The van der Waals surface area contributed by atoms with E-state index in [2.05, 4.69) is 27.9 Å². The number of nitrogens with zero attached hydrogens (tertiary/aromatic N) is 3. The second-order valence-electron chi connectivity index (χ2n) is 4.68. The van der Waals surface area contributed by atoms with E-state index in [0.717, 1.165) is 33.6 Å². The highest BCUT2D eigenvalue weighted by atomic mass is 32.2. The van der Waals surface area contributed by atoms with Crippen LogP contribution in [0.3, 0.4) is 0 Å². The van der Waals surface area contributed by atoms with Gasteiger partial charge in [0.05, 0.1) is 7.11 Å². The van der Waals surface area contributed by atoms with Gasteiger partial charge in [0.1, 0.15) is 5.75 Å². The van der Waals surface area contributed by atoms with Gasteiger partial charge >= 0.3 is 0 Å². The molecule has 2 rings (SSSR count). The third-order valence-corrected chi connectivity index (χ3v) is 4.02. The van der Waals surface area contributed by atoms with Crippen molar-refractivity contribution in [2.45, 2.75) is 18.6 Å². The number of allylic oxidation sites excluding steroid dienone is 1. The Hall–Kier alpha value is -2.01. The average Bonchev–Trinajstić information content (AvgIpc) is 2.88. The molecule has 4 nitrogen and oxygen atoms in total. The van der Waals surface area contributed by atoms with Crippen LogP contribution in [0.15, 0.2) is 54.2 Å². The molecule has 0 spiro atoms. The Kier molecular flexibility index (Phi) is 5.22. The number of hydrogen-bond donors (Lipinski definition) is 0. The molecule has 1 aromatic carbocycles. The summed E-state index contributed by atoms with van der Waals surface area (Å²) >= 11 is 1.64. The molecule has 0 N–H and O–H groups in total. The van der Waals surface area contributed by atoms with Gasteiger partial charge in [0.2, 0.25) is 0 Å². The Morgan fingerprint density at radius 3 is 2.62 bits per heavy atom. The number of aromatic nitrogens is 3. The van der Waals surface area contributed by atoms with E-state index in [1.807, 2.05) is 37.3 Å². The molecule has 0 unspecified atom stereocenters. The maximum atomic E-state index is 5.18. The first-order valence-electron chi connectivity index (χ1n) is 6.61. The molecule has 0 aliphatic rings. The quantitative estimate of drug-likeness (QED) is 0.576. The van der Waals surface area contributed by atoms with Crippen molar-refractivity contribution < 1.29 is 4.74 Å². The first-order valence-corrected chi connectivity index (χ1v) is 7.60.